The molecule has 114 valence electrons. The zero-order valence-corrected chi connectivity index (χ0v) is 11.8. The molecule has 1 unspecified atom stereocenters. The molecule has 0 bridgehead atoms. The average Bonchev–Trinajstić information content (AvgIpc) is 2.42. The van der Waals surface area contributed by atoms with E-state index in [1.807, 2.05) is 6.92 Å². The van der Waals surface area contributed by atoms with Gasteiger partial charge in [0.25, 0.3) is 5.91 Å². The zero-order valence-electron chi connectivity index (χ0n) is 11.8. The molecule has 1 rings (SSSR count). The molecule has 7 nitrogen and oxygen atoms in total. The van der Waals surface area contributed by atoms with Crippen LogP contribution in [0.1, 0.15) is 30.1 Å². The maximum Gasteiger partial charge on any atom is 0.316 e. The summed E-state index contributed by atoms with van der Waals surface area (Å²) < 4.78 is 0. The summed E-state index contributed by atoms with van der Waals surface area (Å²) in [4.78, 5) is 33.0. The number of amides is 3. The molecule has 1 atom stereocenters. The number of aliphatic carboxylic acids is 1. The fourth-order valence-corrected chi connectivity index (χ4v) is 1.69. The first-order valence-electron chi connectivity index (χ1n) is 6.55. The number of anilines is 1. The topological polar surface area (TPSA) is 122 Å². The molecule has 0 spiro atoms. The summed E-state index contributed by atoms with van der Waals surface area (Å²) in [5.41, 5.74) is 5.94. The fourth-order valence-electron chi connectivity index (χ4n) is 1.69. The van der Waals surface area contributed by atoms with Gasteiger partial charge in [-0.25, -0.2) is 4.79 Å². The number of hydrogen-bond donors (Lipinski definition) is 4. The van der Waals surface area contributed by atoms with Gasteiger partial charge in [-0.2, -0.15) is 0 Å². The number of rotatable bonds is 7. The molecule has 0 saturated carbocycles. The number of carbonyl (C=O) groups is 3. The van der Waals surface area contributed by atoms with E-state index in [2.05, 4.69) is 10.6 Å². The Morgan fingerprint density at radius 2 is 1.86 bits per heavy atom. The van der Waals surface area contributed by atoms with E-state index in [1.165, 1.54) is 0 Å². The third kappa shape index (κ3) is 6.42. The number of carbonyl (C=O) groups excluding carboxylic acids is 2. The minimum absolute atomic E-state index is 0.0841. The van der Waals surface area contributed by atoms with E-state index in [4.69, 9.17) is 10.8 Å². The van der Waals surface area contributed by atoms with Crippen molar-refractivity contribution in [2.24, 2.45) is 11.7 Å². The van der Waals surface area contributed by atoms with E-state index in [0.717, 1.165) is 0 Å². The van der Waals surface area contributed by atoms with Gasteiger partial charge in [0, 0.05) is 24.2 Å². The van der Waals surface area contributed by atoms with Gasteiger partial charge in [0.15, 0.2) is 0 Å². The Balaban J connectivity index is 2.44. The van der Waals surface area contributed by atoms with Crippen molar-refractivity contribution in [1.82, 2.24) is 5.32 Å². The largest absolute Gasteiger partial charge is 0.481 e. The lowest BCUT2D eigenvalue weighted by atomic mass is 10.1. The molecule has 0 fully saturated rings. The van der Waals surface area contributed by atoms with Crippen LogP contribution in [-0.2, 0) is 4.79 Å². The van der Waals surface area contributed by atoms with Crippen molar-refractivity contribution in [3.63, 3.8) is 0 Å². The van der Waals surface area contributed by atoms with Crippen LogP contribution in [0.4, 0.5) is 10.5 Å². The molecule has 3 amide bonds. The smallest absolute Gasteiger partial charge is 0.316 e. The maximum atomic E-state index is 11.9. The standard InChI is InChI=1S/C14H19N3O4/c1-9(2-7-12(18)19)8-16-13(20)10-3-5-11(6-4-10)17-14(15)21/h3-6,9H,2,7-8H2,1H3,(H,16,20)(H,18,19)(H3,15,17,21). The van der Waals surface area contributed by atoms with Crippen molar-refractivity contribution in [2.75, 3.05) is 11.9 Å². The second kappa shape index (κ2) is 7.88. The summed E-state index contributed by atoms with van der Waals surface area (Å²) >= 11 is 0. The molecule has 0 aromatic heterocycles. The molecule has 0 heterocycles. The molecule has 1 aromatic rings. The van der Waals surface area contributed by atoms with E-state index < -0.39 is 12.0 Å². The zero-order chi connectivity index (χ0) is 15.8. The number of carboxylic acid groups (broad SMARTS) is 1. The summed E-state index contributed by atoms with van der Waals surface area (Å²) in [5, 5.41) is 13.7. The summed E-state index contributed by atoms with van der Waals surface area (Å²) in [6.45, 7) is 2.29. The highest BCUT2D eigenvalue weighted by molar-refractivity contribution is 5.95. The Morgan fingerprint density at radius 1 is 1.24 bits per heavy atom. The maximum absolute atomic E-state index is 11.9. The molecule has 1 aromatic carbocycles. The van der Waals surface area contributed by atoms with Crippen molar-refractivity contribution in [2.45, 2.75) is 19.8 Å². The summed E-state index contributed by atoms with van der Waals surface area (Å²) in [7, 11) is 0. The highest BCUT2D eigenvalue weighted by atomic mass is 16.4. The summed E-state index contributed by atoms with van der Waals surface area (Å²) in [6.07, 6.45) is 0.599. The second-order valence-corrected chi connectivity index (χ2v) is 4.81. The van der Waals surface area contributed by atoms with Gasteiger partial charge >= 0.3 is 12.0 Å². The number of nitrogens with two attached hydrogens (primary N) is 1. The van der Waals surface area contributed by atoms with E-state index >= 15 is 0 Å². The number of benzene rings is 1. The molecule has 21 heavy (non-hydrogen) atoms. The van der Waals surface area contributed by atoms with Crippen LogP contribution in [0, 0.1) is 5.92 Å². The molecular formula is C14H19N3O4. The van der Waals surface area contributed by atoms with Gasteiger partial charge in [0.2, 0.25) is 0 Å². The number of urea groups is 1. The van der Waals surface area contributed by atoms with Crippen LogP contribution in [0.2, 0.25) is 0 Å². The van der Waals surface area contributed by atoms with Crippen LogP contribution < -0.4 is 16.4 Å². The van der Waals surface area contributed by atoms with Crippen molar-refractivity contribution in [3.05, 3.63) is 29.8 Å². The minimum atomic E-state index is -0.842. The number of primary amides is 1. The van der Waals surface area contributed by atoms with Crippen LogP contribution >= 0.6 is 0 Å². The Labute approximate surface area is 122 Å². The molecule has 0 saturated heterocycles. The second-order valence-electron chi connectivity index (χ2n) is 4.81. The fraction of sp³-hybridized carbons (Fsp3) is 0.357. The Kier molecular flexibility index (Phi) is 6.19. The predicted octanol–water partition coefficient (Wildman–Crippen LogP) is 1.41. The number of carboxylic acids is 1. The first-order chi connectivity index (χ1) is 9.88. The lowest BCUT2D eigenvalue weighted by Gasteiger charge is -2.11. The molecule has 7 heteroatoms. The third-order valence-corrected chi connectivity index (χ3v) is 2.88. The van der Waals surface area contributed by atoms with Gasteiger partial charge < -0.3 is 21.5 Å². The first-order valence-corrected chi connectivity index (χ1v) is 6.55. The van der Waals surface area contributed by atoms with Gasteiger partial charge in [-0.15, -0.1) is 0 Å². The van der Waals surface area contributed by atoms with E-state index in [1.54, 1.807) is 24.3 Å². The van der Waals surface area contributed by atoms with Crippen LogP contribution in [0.5, 0.6) is 0 Å². The molecule has 0 aliphatic carbocycles. The lowest BCUT2D eigenvalue weighted by Crippen LogP contribution is -2.28. The van der Waals surface area contributed by atoms with Crippen LogP contribution in [0.15, 0.2) is 24.3 Å². The Bertz CT molecular complexity index is 513. The van der Waals surface area contributed by atoms with Crippen molar-refractivity contribution in [1.29, 1.82) is 0 Å². The Hall–Kier alpha value is -2.57. The Morgan fingerprint density at radius 3 is 2.38 bits per heavy atom. The molecule has 0 aliphatic heterocycles. The molecule has 0 radical (unpaired) electrons. The predicted molar refractivity (Wildman–Crippen MR) is 78.0 cm³/mol. The van der Waals surface area contributed by atoms with Crippen LogP contribution in [0.25, 0.3) is 0 Å². The van der Waals surface area contributed by atoms with Crippen LogP contribution in [0.3, 0.4) is 0 Å². The monoisotopic (exact) mass is 293 g/mol. The normalized spacial score (nSPS) is 11.5. The van der Waals surface area contributed by atoms with Crippen molar-refractivity contribution in [3.8, 4) is 0 Å². The van der Waals surface area contributed by atoms with E-state index in [-0.39, 0.29) is 18.2 Å². The third-order valence-electron chi connectivity index (χ3n) is 2.88. The number of hydrogen-bond acceptors (Lipinski definition) is 3. The quantitative estimate of drug-likeness (QED) is 0.607. The molecule has 5 N–H and O–H groups in total. The average molecular weight is 293 g/mol. The van der Waals surface area contributed by atoms with Gasteiger partial charge in [-0.3, -0.25) is 9.59 Å². The van der Waals surface area contributed by atoms with Gasteiger partial charge in [-0.05, 0) is 36.6 Å². The van der Waals surface area contributed by atoms with Crippen molar-refractivity contribution < 1.29 is 19.5 Å². The van der Waals surface area contributed by atoms with Crippen LogP contribution in [-0.4, -0.2) is 29.6 Å². The highest BCUT2D eigenvalue weighted by Gasteiger charge is 2.09. The molecule has 0 aliphatic rings. The lowest BCUT2D eigenvalue weighted by molar-refractivity contribution is -0.137. The summed E-state index contributed by atoms with van der Waals surface area (Å²) in [6, 6.07) is 5.63. The van der Waals surface area contributed by atoms with E-state index in [9.17, 15) is 14.4 Å². The van der Waals surface area contributed by atoms with E-state index in [0.29, 0.717) is 24.2 Å². The van der Waals surface area contributed by atoms with Gasteiger partial charge in [0.1, 0.15) is 0 Å². The van der Waals surface area contributed by atoms with Gasteiger partial charge in [0.05, 0.1) is 0 Å². The number of nitrogens with one attached hydrogen (secondary N) is 2. The summed E-state index contributed by atoms with van der Waals surface area (Å²) in [5.74, 6) is -1.01. The SMILES string of the molecule is CC(CCC(=O)O)CNC(=O)c1ccc(NC(N)=O)cc1. The minimum Gasteiger partial charge on any atom is -0.481 e. The molecular weight excluding hydrogens is 274 g/mol. The van der Waals surface area contributed by atoms with Gasteiger partial charge in [-0.1, -0.05) is 6.92 Å². The highest BCUT2D eigenvalue weighted by Crippen LogP contribution is 2.10. The first kappa shape index (κ1) is 16.5. The van der Waals surface area contributed by atoms with Crippen molar-refractivity contribution >= 4 is 23.6 Å².